The van der Waals surface area contributed by atoms with E-state index in [4.69, 9.17) is 14.7 Å². The summed E-state index contributed by atoms with van der Waals surface area (Å²) in [5.41, 5.74) is 8.76. The molecule has 15 heteroatoms. The molecule has 39 heavy (non-hydrogen) atoms. The largest absolute Gasteiger partial charge is 0.507 e. The molecule has 0 radical (unpaired) electrons. The smallest absolute Gasteiger partial charge is 0.362 e. The molecule has 4 atom stereocenters. The molecule has 4 aromatic rings. The highest BCUT2D eigenvalue weighted by Gasteiger charge is 2.45. The third-order valence-electron chi connectivity index (χ3n) is 6.17. The van der Waals surface area contributed by atoms with Crippen LogP contribution in [0, 0.1) is 6.92 Å². The lowest BCUT2D eigenvalue weighted by atomic mass is 10.1. The van der Waals surface area contributed by atoms with Crippen molar-refractivity contribution in [2.75, 3.05) is 12.3 Å². The minimum Gasteiger partial charge on any atom is -0.507 e. The summed E-state index contributed by atoms with van der Waals surface area (Å²) >= 11 is 0. The Morgan fingerprint density at radius 3 is 2.59 bits per heavy atom. The number of nitrogen functional groups attached to an aromatic ring is 1. The Hall–Kier alpha value is -4.15. The number of aromatic nitrogens is 4. The van der Waals surface area contributed by atoms with Gasteiger partial charge < -0.3 is 25.8 Å². The van der Waals surface area contributed by atoms with Crippen LogP contribution in [0.4, 0.5) is 5.82 Å². The van der Waals surface area contributed by atoms with E-state index in [-0.39, 0.29) is 16.9 Å². The second-order valence-electron chi connectivity index (χ2n) is 8.89. The number of benzene rings is 2. The summed E-state index contributed by atoms with van der Waals surface area (Å²) in [6.07, 6.45) is -5.71. The molecule has 1 amide bonds. The minimum absolute atomic E-state index is 0.0912. The summed E-state index contributed by atoms with van der Waals surface area (Å²) in [4.78, 5) is 16.6. The predicted octanol–water partition coefficient (Wildman–Crippen LogP) is 0.400. The number of nitrogens with two attached hydrogens (primary N) is 1. The van der Waals surface area contributed by atoms with Gasteiger partial charge in [0.2, 0.25) is 0 Å². The molecule has 0 unspecified atom stereocenters. The maximum atomic E-state index is 12.3. The fourth-order valence-electron chi connectivity index (χ4n) is 4.11. The van der Waals surface area contributed by atoms with E-state index in [2.05, 4.69) is 15.3 Å². The molecular formula is C24H24N6O8S. The van der Waals surface area contributed by atoms with Crippen molar-refractivity contribution in [2.45, 2.75) is 31.5 Å². The second kappa shape index (κ2) is 10.2. The average molecular weight is 557 g/mol. The van der Waals surface area contributed by atoms with E-state index in [0.717, 1.165) is 11.1 Å². The minimum atomic E-state index is -4.67. The summed E-state index contributed by atoms with van der Waals surface area (Å²) in [5.74, 6) is -1.45. The summed E-state index contributed by atoms with van der Waals surface area (Å²) in [5, 5.41) is 39.0. The van der Waals surface area contributed by atoms with Gasteiger partial charge in [0.1, 0.15) is 24.1 Å². The first-order valence-electron chi connectivity index (χ1n) is 11.6. The van der Waals surface area contributed by atoms with E-state index in [1.54, 1.807) is 10.8 Å². The maximum absolute atomic E-state index is 12.3. The zero-order valence-electron chi connectivity index (χ0n) is 20.4. The Balaban J connectivity index is 1.33. The van der Waals surface area contributed by atoms with Crippen molar-refractivity contribution in [3.8, 4) is 17.0 Å². The van der Waals surface area contributed by atoms with Gasteiger partial charge in [-0.1, -0.05) is 47.2 Å². The number of amides is 1. The van der Waals surface area contributed by atoms with Gasteiger partial charge in [0, 0.05) is 5.56 Å². The molecule has 1 fully saturated rings. The highest BCUT2D eigenvalue weighted by Crippen LogP contribution is 2.33. The van der Waals surface area contributed by atoms with Gasteiger partial charge in [-0.3, -0.25) is 8.98 Å². The number of phenols is 1. The van der Waals surface area contributed by atoms with Crippen LogP contribution in [-0.2, 0) is 19.2 Å². The molecule has 3 heterocycles. The number of aliphatic hydroxyl groups is 2. The first-order valence-corrected chi connectivity index (χ1v) is 13.0. The molecule has 1 aliphatic rings. The molecule has 0 aliphatic carbocycles. The highest BCUT2D eigenvalue weighted by molar-refractivity contribution is 7.85. The number of hydrogen-bond donors (Lipinski definition) is 5. The SMILES string of the molecule is Cc1ccc(-c2cc3c(nnn3[C@@H]3O[C@H](COS(=O)(=O)NC(=O)c4ccccc4O)[C@@H](O)[C@H]3O)c(N)n2)cc1. The van der Waals surface area contributed by atoms with Crippen molar-refractivity contribution in [1.29, 1.82) is 0 Å². The van der Waals surface area contributed by atoms with Crippen LogP contribution in [0.2, 0.25) is 0 Å². The monoisotopic (exact) mass is 556 g/mol. The van der Waals surface area contributed by atoms with Crippen LogP contribution in [0.1, 0.15) is 22.1 Å². The lowest BCUT2D eigenvalue weighted by molar-refractivity contribution is -0.0533. The first-order chi connectivity index (χ1) is 18.5. The maximum Gasteiger partial charge on any atom is 0.362 e. The average Bonchev–Trinajstić information content (AvgIpc) is 3.44. The van der Waals surface area contributed by atoms with Gasteiger partial charge in [-0.25, -0.2) is 14.4 Å². The number of phenolic OH excluding ortho intramolecular Hbond substituents is 1. The summed E-state index contributed by atoms with van der Waals surface area (Å²) in [6, 6.07) is 14.6. The summed E-state index contributed by atoms with van der Waals surface area (Å²) in [6.45, 7) is 1.20. The number of hydrogen-bond acceptors (Lipinski definition) is 12. The first kappa shape index (κ1) is 26.5. The van der Waals surface area contributed by atoms with Crippen molar-refractivity contribution >= 4 is 33.1 Å². The molecular weight excluding hydrogens is 532 g/mol. The molecule has 204 valence electrons. The second-order valence-corrected chi connectivity index (χ2v) is 10.2. The van der Waals surface area contributed by atoms with Crippen molar-refractivity contribution in [3.05, 3.63) is 65.7 Å². The number of aliphatic hydroxyl groups excluding tert-OH is 2. The third-order valence-corrected chi connectivity index (χ3v) is 7.05. The van der Waals surface area contributed by atoms with Crippen molar-refractivity contribution in [2.24, 2.45) is 0 Å². The third kappa shape index (κ3) is 5.25. The Morgan fingerprint density at radius 1 is 1.15 bits per heavy atom. The van der Waals surface area contributed by atoms with Gasteiger partial charge in [0.05, 0.1) is 23.4 Å². The van der Waals surface area contributed by atoms with Crippen molar-refractivity contribution in [3.63, 3.8) is 0 Å². The molecule has 0 saturated carbocycles. The molecule has 6 N–H and O–H groups in total. The quantitative estimate of drug-likeness (QED) is 0.209. The van der Waals surface area contributed by atoms with E-state index >= 15 is 0 Å². The fraction of sp³-hybridized carbons (Fsp3) is 0.250. The fourth-order valence-corrected chi connectivity index (χ4v) is 4.82. The van der Waals surface area contributed by atoms with Gasteiger partial charge >= 0.3 is 10.3 Å². The number of rotatable bonds is 7. The van der Waals surface area contributed by atoms with E-state index in [0.29, 0.717) is 11.2 Å². The summed E-state index contributed by atoms with van der Waals surface area (Å²) < 4.78 is 38.0. The van der Waals surface area contributed by atoms with Crippen LogP contribution in [0.3, 0.4) is 0 Å². The van der Waals surface area contributed by atoms with E-state index < -0.39 is 53.1 Å². The van der Waals surface area contributed by atoms with Gasteiger partial charge in [-0.05, 0) is 25.1 Å². The lowest BCUT2D eigenvalue weighted by Gasteiger charge is -2.16. The van der Waals surface area contributed by atoms with E-state index in [9.17, 15) is 28.5 Å². The molecule has 0 spiro atoms. The van der Waals surface area contributed by atoms with Gasteiger partial charge in [-0.2, -0.15) is 8.42 Å². The number of fused-ring (bicyclic) bond motifs is 1. The van der Waals surface area contributed by atoms with Gasteiger partial charge in [0.15, 0.2) is 17.6 Å². The van der Waals surface area contributed by atoms with Gasteiger partial charge in [-0.15, -0.1) is 5.10 Å². The zero-order valence-corrected chi connectivity index (χ0v) is 21.2. The van der Waals surface area contributed by atoms with Crippen LogP contribution in [-0.4, -0.2) is 74.5 Å². The lowest BCUT2D eigenvalue weighted by Crippen LogP contribution is -2.37. The number of nitrogens with zero attached hydrogens (tertiary/aromatic N) is 4. The van der Waals surface area contributed by atoms with Crippen LogP contribution < -0.4 is 10.5 Å². The molecule has 2 aromatic heterocycles. The standard InChI is InChI=1S/C24H24N6O8S/c1-12-6-8-13(9-7-12)15-10-16-19(22(25)26-15)27-29-30(16)24-21(33)20(32)18(38-24)11-37-39(35,36)28-23(34)14-4-2-3-5-17(14)31/h2-10,18,20-21,24,31-33H,11H2,1H3,(H2,25,26)(H,28,34)/t18-,20-,21-,24-/m1/s1. The normalized spacial score (nSPS) is 21.3. The zero-order chi connectivity index (χ0) is 27.9. The van der Waals surface area contributed by atoms with E-state index in [1.165, 1.54) is 28.9 Å². The van der Waals surface area contributed by atoms with Crippen LogP contribution in [0.15, 0.2) is 54.6 Å². The number of anilines is 1. The van der Waals surface area contributed by atoms with Crippen molar-refractivity contribution < 1.29 is 37.5 Å². The number of carbonyl (C=O) groups is 1. The topological polar surface area (TPSA) is 212 Å². The molecule has 1 saturated heterocycles. The van der Waals surface area contributed by atoms with E-state index in [1.807, 2.05) is 31.2 Å². The number of para-hydroxylation sites is 1. The molecule has 0 bridgehead atoms. The number of carbonyl (C=O) groups excluding carboxylic acids is 1. The van der Waals surface area contributed by atoms with Crippen LogP contribution >= 0.6 is 0 Å². The number of ether oxygens (including phenoxy) is 1. The number of aromatic hydroxyl groups is 1. The Bertz CT molecular complexity index is 1640. The Labute approximate surface area is 221 Å². The summed E-state index contributed by atoms with van der Waals surface area (Å²) in [7, 11) is -4.67. The predicted molar refractivity (Wildman–Crippen MR) is 136 cm³/mol. The number of nitrogens with one attached hydrogen (secondary N) is 1. The number of aryl methyl sites for hydroxylation is 1. The van der Waals surface area contributed by atoms with Gasteiger partial charge in [0.25, 0.3) is 5.91 Å². The van der Waals surface area contributed by atoms with Crippen LogP contribution in [0.5, 0.6) is 5.75 Å². The molecule has 5 rings (SSSR count). The molecule has 14 nitrogen and oxygen atoms in total. The molecule has 1 aliphatic heterocycles. The van der Waals surface area contributed by atoms with Crippen molar-refractivity contribution in [1.82, 2.24) is 24.7 Å². The Morgan fingerprint density at radius 2 is 1.87 bits per heavy atom. The highest BCUT2D eigenvalue weighted by atomic mass is 32.2. The Kier molecular flexibility index (Phi) is 6.92. The molecule has 2 aromatic carbocycles. The number of pyridine rings is 1. The van der Waals surface area contributed by atoms with Crippen LogP contribution in [0.25, 0.3) is 22.3 Å².